The van der Waals surface area contributed by atoms with Crippen molar-refractivity contribution in [1.29, 1.82) is 0 Å². The highest BCUT2D eigenvalue weighted by Gasteiger charge is 2.44. The van der Waals surface area contributed by atoms with Crippen molar-refractivity contribution in [3.8, 4) is 0 Å². The van der Waals surface area contributed by atoms with Gasteiger partial charge in [-0.2, -0.15) is 0 Å². The van der Waals surface area contributed by atoms with E-state index in [0.29, 0.717) is 12.0 Å². The first kappa shape index (κ1) is 12.7. The van der Waals surface area contributed by atoms with Gasteiger partial charge in [0.2, 0.25) is 11.8 Å². The fourth-order valence-corrected chi connectivity index (χ4v) is 2.61. The van der Waals surface area contributed by atoms with Gasteiger partial charge in [0, 0.05) is 6.42 Å². The summed E-state index contributed by atoms with van der Waals surface area (Å²) in [7, 11) is 0. The largest absolute Gasteiger partial charge is 0.296 e. The van der Waals surface area contributed by atoms with Crippen molar-refractivity contribution >= 4 is 11.8 Å². The molecule has 1 aromatic carbocycles. The number of hydrogen-bond acceptors (Lipinski definition) is 2. The number of amides is 2. The summed E-state index contributed by atoms with van der Waals surface area (Å²) in [6, 6.07) is 6.04. The summed E-state index contributed by atoms with van der Waals surface area (Å²) in [6.07, 6.45) is 0.976. The van der Waals surface area contributed by atoms with Gasteiger partial charge in [0.1, 0.15) is 5.82 Å². The maximum atomic E-state index is 13.3. The van der Waals surface area contributed by atoms with Gasteiger partial charge in [0.05, 0.1) is 5.92 Å². The van der Waals surface area contributed by atoms with E-state index in [-0.39, 0.29) is 24.1 Å². The van der Waals surface area contributed by atoms with Crippen LogP contribution in [0.1, 0.15) is 38.2 Å². The van der Waals surface area contributed by atoms with Crippen LogP contribution >= 0.6 is 0 Å². The number of hydrogen-bond donors (Lipinski definition) is 1. The van der Waals surface area contributed by atoms with Gasteiger partial charge >= 0.3 is 0 Å². The topological polar surface area (TPSA) is 46.2 Å². The van der Waals surface area contributed by atoms with E-state index in [2.05, 4.69) is 5.32 Å². The monoisotopic (exact) mass is 249 g/mol. The Kier molecular flexibility index (Phi) is 3.20. The van der Waals surface area contributed by atoms with E-state index in [4.69, 9.17) is 0 Å². The number of rotatable bonds is 2. The molecule has 3 nitrogen and oxygen atoms in total. The molecular weight excluding hydrogens is 233 g/mol. The molecule has 2 unspecified atom stereocenters. The van der Waals surface area contributed by atoms with Crippen LogP contribution in [0.15, 0.2) is 24.3 Å². The Morgan fingerprint density at radius 1 is 1.44 bits per heavy atom. The van der Waals surface area contributed by atoms with E-state index < -0.39 is 11.3 Å². The molecule has 18 heavy (non-hydrogen) atoms. The van der Waals surface area contributed by atoms with E-state index in [0.717, 1.165) is 0 Å². The zero-order chi connectivity index (χ0) is 13.3. The second-order valence-corrected chi connectivity index (χ2v) is 5.08. The summed E-state index contributed by atoms with van der Waals surface area (Å²) in [4.78, 5) is 23.5. The molecule has 0 saturated carbocycles. The minimum Gasteiger partial charge on any atom is -0.296 e. The van der Waals surface area contributed by atoms with Crippen molar-refractivity contribution < 1.29 is 14.0 Å². The predicted molar refractivity (Wildman–Crippen MR) is 65.3 cm³/mol. The number of nitrogens with one attached hydrogen (secondary N) is 1. The maximum absolute atomic E-state index is 13.3. The maximum Gasteiger partial charge on any atom is 0.234 e. The molecule has 1 aliphatic rings. The lowest BCUT2D eigenvalue weighted by atomic mass is 9.67. The normalized spacial score (nSPS) is 28.1. The molecule has 0 spiro atoms. The highest BCUT2D eigenvalue weighted by atomic mass is 19.1. The van der Waals surface area contributed by atoms with Crippen LogP contribution in [0.5, 0.6) is 0 Å². The summed E-state index contributed by atoms with van der Waals surface area (Å²) in [5.41, 5.74) is 0.178. The summed E-state index contributed by atoms with van der Waals surface area (Å²) in [6.45, 7) is 3.84. The second kappa shape index (κ2) is 4.52. The third kappa shape index (κ3) is 2.15. The Hall–Kier alpha value is -1.71. The van der Waals surface area contributed by atoms with E-state index in [1.807, 2.05) is 13.8 Å². The smallest absolute Gasteiger partial charge is 0.234 e. The van der Waals surface area contributed by atoms with Crippen LogP contribution < -0.4 is 5.32 Å². The van der Waals surface area contributed by atoms with Crippen LogP contribution in [-0.2, 0) is 9.59 Å². The predicted octanol–water partition coefficient (Wildman–Crippen LogP) is 2.37. The number of piperidine rings is 1. The Morgan fingerprint density at radius 2 is 2.17 bits per heavy atom. The molecule has 0 radical (unpaired) electrons. The van der Waals surface area contributed by atoms with Gasteiger partial charge in [-0.3, -0.25) is 14.9 Å². The van der Waals surface area contributed by atoms with Crippen molar-refractivity contribution in [1.82, 2.24) is 5.32 Å². The number of benzene rings is 1. The molecule has 4 heteroatoms. The highest BCUT2D eigenvalue weighted by Crippen LogP contribution is 2.44. The van der Waals surface area contributed by atoms with Crippen LogP contribution in [-0.4, -0.2) is 11.8 Å². The first-order valence-electron chi connectivity index (χ1n) is 6.05. The SMILES string of the molecule is CCC1(C)CC(=O)NC(=O)C1c1cccc(F)c1. The van der Waals surface area contributed by atoms with Crippen LogP contribution in [0.2, 0.25) is 0 Å². The molecule has 1 fully saturated rings. The zero-order valence-electron chi connectivity index (χ0n) is 10.5. The summed E-state index contributed by atoms with van der Waals surface area (Å²) >= 11 is 0. The van der Waals surface area contributed by atoms with Gasteiger partial charge in [-0.25, -0.2) is 4.39 Å². The molecule has 1 aromatic rings. The average molecular weight is 249 g/mol. The van der Waals surface area contributed by atoms with Crippen LogP contribution in [0.25, 0.3) is 0 Å². The third-order valence-corrected chi connectivity index (χ3v) is 3.78. The van der Waals surface area contributed by atoms with E-state index in [9.17, 15) is 14.0 Å². The van der Waals surface area contributed by atoms with Crippen molar-refractivity contribution in [3.05, 3.63) is 35.6 Å². The van der Waals surface area contributed by atoms with Crippen LogP contribution in [0, 0.1) is 11.2 Å². The summed E-state index contributed by atoms with van der Waals surface area (Å²) in [5.74, 6) is -1.43. The minimum atomic E-state index is -0.476. The fraction of sp³-hybridized carbons (Fsp3) is 0.429. The minimum absolute atomic E-state index is 0.253. The first-order valence-corrected chi connectivity index (χ1v) is 6.05. The van der Waals surface area contributed by atoms with E-state index >= 15 is 0 Å². The van der Waals surface area contributed by atoms with E-state index in [1.54, 1.807) is 12.1 Å². The Labute approximate surface area is 105 Å². The Morgan fingerprint density at radius 3 is 2.78 bits per heavy atom. The molecule has 1 aliphatic heterocycles. The summed E-state index contributed by atoms with van der Waals surface area (Å²) < 4.78 is 13.3. The van der Waals surface area contributed by atoms with Gasteiger partial charge in [-0.1, -0.05) is 26.0 Å². The molecule has 0 bridgehead atoms. The summed E-state index contributed by atoms with van der Waals surface area (Å²) in [5, 5.41) is 2.34. The van der Waals surface area contributed by atoms with Gasteiger partial charge in [-0.15, -0.1) is 0 Å². The lowest BCUT2D eigenvalue weighted by Crippen LogP contribution is -2.49. The number of carbonyl (C=O) groups is 2. The third-order valence-electron chi connectivity index (χ3n) is 3.78. The molecular formula is C14H16FNO2. The van der Waals surface area contributed by atoms with Gasteiger partial charge in [0.15, 0.2) is 0 Å². The van der Waals surface area contributed by atoms with Crippen molar-refractivity contribution in [2.24, 2.45) is 5.41 Å². The first-order chi connectivity index (χ1) is 8.46. The van der Waals surface area contributed by atoms with Crippen LogP contribution in [0.4, 0.5) is 4.39 Å². The second-order valence-electron chi connectivity index (χ2n) is 5.08. The Balaban J connectivity index is 2.45. The molecule has 1 saturated heterocycles. The quantitative estimate of drug-likeness (QED) is 0.818. The van der Waals surface area contributed by atoms with Gasteiger partial charge in [0.25, 0.3) is 0 Å². The number of halogens is 1. The highest BCUT2D eigenvalue weighted by molar-refractivity contribution is 6.02. The molecule has 2 rings (SSSR count). The molecule has 1 N–H and O–H groups in total. The molecule has 2 amide bonds. The molecule has 2 atom stereocenters. The van der Waals surface area contributed by atoms with Gasteiger partial charge < -0.3 is 0 Å². The lowest BCUT2D eigenvalue weighted by molar-refractivity contribution is -0.139. The lowest BCUT2D eigenvalue weighted by Gasteiger charge is -2.39. The number of imide groups is 1. The molecule has 0 aliphatic carbocycles. The fourth-order valence-electron chi connectivity index (χ4n) is 2.61. The van der Waals surface area contributed by atoms with Gasteiger partial charge in [-0.05, 0) is 29.5 Å². The molecule has 1 heterocycles. The van der Waals surface area contributed by atoms with Crippen molar-refractivity contribution in [3.63, 3.8) is 0 Å². The standard InChI is InChI=1S/C14H16FNO2/c1-3-14(2)8-11(17)16-13(18)12(14)9-5-4-6-10(15)7-9/h4-7,12H,3,8H2,1-2H3,(H,16,17,18). The Bertz CT molecular complexity index is 500. The average Bonchev–Trinajstić information content (AvgIpc) is 2.27. The molecule has 96 valence electrons. The van der Waals surface area contributed by atoms with Crippen LogP contribution in [0.3, 0.4) is 0 Å². The zero-order valence-corrected chi connectivity index (χ0v) is 10.5. The molecule has 0 aromatic heterocycles. The van der Waals surface area contributed by atoms with Crippen molar-refractivity contribution in [2.75, 3.05) is 0 Å². The number of carbonyl (C=O) groups excluding carboxylic acids is 2. The van der Waals surface area contributed by atoms with E-state index in [1.165, 1.54) is 12.1 Å². The van der Waals surface area contributed by atoms with Crippen molar-refractivity contribution in [2.45, 2.75) is 32.6 Å².